The first-order chi connectivity index (χ1) is 15.4. The Morgan fingerprint density at radius 2 is 1.84 bits per heavy atom. The van der Waals surface area contributed by atoms with E-state index in [4.69, 9.17) is 9.47 Å². The molecule has 0 unspecified atom stereocenters. The molecule has 0 aliphatic carbocycles. The van der Waals surface area contributed by atoms with Crippen LogP contribution in [0.5, 0.6) is 0 Å². The Kier molecular flexibility index (Phi) is 7.68. The summed E-state index contributed by atoms with van der Waals surface area (Å²) in [5.74, 6) is 0.215. The molecule has 0 bridgehead atoms. The number of nitrogens with zero attached hydrogens (tertiary/aromatic N) is 5. The maximum absolute atomic E-state index is 13.6. The van der Waals surface area contributed by atoms with E-state index in [-0.39, 0.29) is 5.82 Å². The van der Waals surface area contributed by atoms with Crippen LogP contribution in [0.3, 0.4) is 0 Å². The average molecular weight is 451 g/mol. The van der Waals surface area contributed by atoms with Crippen molar-refractivity contribution in [3.8, 4) is 11.3 Å². The molecule has 1 saturated heterocycles. The summed E-state index contributed by atoms with van der Waals surface area (Å²) >= 11 is 0. The molecule has 0 amide bonds. The largest absolute Gasteiger partial charge is 0.434 e. The highest BCUT2D eigenvalue weighted by Crippen LogP contribution is 2.34. The molecule has 3 aromatic heterocycles. The molecule has 10 heteroatoms. The maximum atomic E-state index is 13.6. The normalized spacial score (nSPS) is 14.4. The Bertz CT molecular complexity index is 1030. The zero-order valence-electron chi connectivity index (χ0n) is 18.7. The summed E-state index contributed by atoms with van der Waals surface area (Å²) in [5, 5.41) is 0. The number of hydrogen-bond donors (Lipinski definition) is 0. The van der Waals surface area contributed by atoms with Crippen LogP contribution in [-0.4, -0.2) is 59.4 Å². The van der Waals surface area contributed by atoms with Gasteiger partial charge >= 0.3 is 6.18 Å². The minimum absolute atomic E-state index is 0.215. The second kappa shape index (κ2) is 10.3. The minimum atomic E-state index is -4.58. The summed E-state index contributed by atoms with van der Waals surface area (Å²) in [7, 11) is 1.62. The monoisotopic (exact) mass is 451 g/mol. The van der Waals surface area contributed by atoms with Crippen molar-refractivity contribution < 1.29 is 22.6 Å². The lowest BCUT2D eigenvalue weighted by Gasteiger charge is -2.28. The van der Waals surface area contributed by atoms with Crippen molar-refractivity contribution in [2.45, 2.75) is 33.4 Å². The number of imidazole rings is 1. The molecular formula is C22H28F3N5O2. The van der Waals surface area contributed by atoms with Crippen LogP contribution in [0.1, 0.15) is 30.9 Å². The first-order valence-electron chi connectivity index (χ1n) is 10.6. The third-order valence-electron chi connectivity index (χ3n) is 5.02. The fraction of sp³-hybridized carbons (Fsp3) is 0.500. The molecule has 1 aliphatic rings. The fourth-order valence-corrected chi connectivity index (χ4v) is 3.54. The predicted molar refractivity (Wildman–Crippen MR) is 116 cm³/mol. The number of morpholine rings is 1. The van der Waals surface area contributed by atoms with Gasteiger partial charge in [0.2, 0.25) is 0 Å². The van der Waals surface area contributed by atoms with E-state index in [0.29, 0.717) is 61.9 Å². The van der Waals surface area contributed by atoms with Gasteiger partial charge in [0.25, 0.3) is 0 Å². The number of fused-ring (bicyclic) bond motifs is 1. The highest BCUT2D eigenvalue weighted by molar-refractivity contribution is 5.74. The van der Waals surface area contributed by atoms with Crippen LogP contribution in [0, 0.1) is 6.92 Å². The highest BCUT2D eigenvalue weighted by Gasteiger charge is 2.35. The third-order valence-corrected chi connectivity index (χ3v) is 5.02. The van der Waals surface area contributed by atoms with Gasteiger partial charge in [-0.05, 0) is 19.1 Å². The van der Waals surface area contributed by atoms with Crippen molar-refractivity contribution in [1.29, 1.82) is 0 Å². The molecule has 7 nitrogen and oxygen atoms in total. The Balaban J connectivity index is 0.00000141. The number of aromatic nitrogens is 4. The summed E-state index contributed by atoms with van der Waals surface area (Å²) < 4.78 is 52.7. The van der Waals surface area contributed by atoms with Crippen molar-refractivity contribution in [1.82, 2.24) is 19.4 Å². The molecule has 0 N–H and O–H groups in total. The van der Waals surface area contributed by atoms with E-state index in [9.17, 15) is 13.2 Å². The Morgan fingerprint density at radius 1 is 1.12 bits per heavy atom. The van der Waals surface area contributed by atoms with Crippen LogP contribution >= 0.6 is 0 Å². The topological polar surface area (TPSA) is 64.8 Å². The van der Waals surface area contributed by atoms with Crippen molar-refractivity contribution in [3.05, 3.63) is 41.6 Å². The Morgan fingerprint density at radius 3 is 2.44 bits per heavy atom. The molecular weight excluding hydrogens is 423 g/mol. The van der Waals surface area contributed by atoms with E-state index >= 15 is 0 Å². The molecule has 0 spiro atoms. The number of ether oxygens (including phenoxy) is 2. The first-order valence-corrected chi connectivity index (χ1v) is 10.6. The third kappa shape index (κ3) is 5.02. The number of hydrogen-bond acceptors (Lipinski definition) is 6. The second-order valence-corrected chi connectivity index (χ2v) is 7.07. The molecule has 0 radical (unpaired) electrons. The highest BCUT2D eigenvalue weighted by atomic mass is 19.4. The van der Waals surface area contributed by atoms with Gasteiger partial charge in [-0.2, -0.15) is 13.2 Å². The molecule has 1 fully saturated rings. The van der Waals surface area contributed by atoms with Crippen LogP contribution in [0.2, 0.25) is 0 Å². The number of rotatable bonds is 5. The predicted octanol–water partition coefficient (Wildman–Crippen LogP) is 4.17. The summed E-state index contributed by atoms with van der Waals surface area (Å²) in [5.41, 5.74) is 2.14. The standard InChI is InChI=1S/C20H22F3N5O2.C2H6/c1-13-17(14-3-4-15(24-11-14)5-8-29-2)28-12-16(20(21,22)23)26-18(19(28)25-13)27-6-9-30-10-7-27;1-2/h3-4,11-12H,5-10H2,1-2H3;1-2H3. The molecule has 1 aliphatic heterocycles. The smallest absolute Gasteiger partial charge is 0.384 e. The second-order valence-electron chi connectivity index (χ2n) is 7.07. The Hall–Kier alpha value is -2.72. The lowest BCUT2D eigenvalue weighted by Crippen LogP contribution is -2.37. The van der Waals surface area contributed by atoms with Crippen LogP contribution in [-0.2, 0) is 22.1 Å². The van der Waals surface area contributed by atoms with Gasteiger partial charge in [0.05, 0.1) is 31.2 Å². The summed E-state index contributed by atoms with van der Waals surface area (Å²) in [6, 6.07) is 3.69. The number of aryl methyl sites for hydroxylation is 1. The van der Waals surface area contributed by atoms with Crippen LogP contribution in [0.15, 0.2) is 24.5 Å². The first kappa shape index (κ1) is 23.9. The van der Waals surface area contributed by atoms with Crippen molar-refractivity contribution >= 4 is 11.5 Å². The molecule has 4 heterocycles. The molecule has 0 atom stereocenters. The molecule has 0 aromatic carbocycles. The average Bonchev–Trinajstić information content (AvgIpc) is 3.14. The molecule has 4 rings (SSSR count). The minimum Gasteiger partial charge on any atom is -0.384 e. The lowest BCUT2D eigenvalue weighted by atomic mass is 10.1. The van der Waals surface area contributed by atoms with Crippen molar-refractivity contribution in [2.75, 3.05) is 44.9 Å². The summed E-state index contributed by atoms with van der Waals surface area (Å²) in [6.45, 7) is 8.11. The number of alkyl halides is 3. The van der Waals surface area contributed by atoms with E-state index < -0.39 is 11.9 Å². The lowest BCUT2D eigenvalue weighted by molar-refractivity contribution is -0.141. The van der Waals surface area contributed by atoms with Gasteiger partial charge in [0.1, 0.15) is 0 Å². The Labute approximate surface area is 185 Å². The maximum Gasteiger partial charge on any atom is 0.434 e. The molecule has 3 aromatic rings. The number of methoxy groups -OCH3 is 1. The van der Waals surface area contributed by atoms with Crippen LogP contribution in [0.25, 0.3) is 16.9 Å². The quantitative estimate of drug-likeness (QED) is 0.580. The number of halogens is 3. The summed E-state index contributed by atoms with van der Waals surface area (Å²) in [6.07, 6.45) is -1.25. The van der Waals surface area contributed by atoms with Crippen LogP contribution < -0.4 is 4.90 Å². The van der Waals surface area contributed by atoms with E-state index in [1.54, 1.807) is 25.1 Å². The van der Waals surface area contributed by atoms with Crippen LogP contribution in [0.4, 0.5) is 19.0 Å². The van der Waals surface area contributed by atoms with Crippen molar-refractivity contribution in [3.63, 3.8) is 0 Å². The van der Waals surface area contributed by atoms with Gasteiger partial charge in [0, 0.05) is 50.3 Å². The van der Waals surface area contributed by atoms with Gasteiger partial charge in [0.15, 0.2) is 17.2 Å². The summed E-state index contributed by atoms with van der Waals surface area (Å²) in [4.78, 5) is 14.7. The fourth-order valence-electron chi connectivity index (χ4n) is 3.54. The van der Waals surface area contributed by atoms with Gasteiger partial charge in [-0.25, -0.2) is 9.97 Å². The SMILES string of the molecule is CC.COCCc1ccc(-c2c(C)nc3c(N4CCOCC4)nc(C(F)(F)F)cn23)cn1. The zero-order valence-corrected chi connectivity index (χ0v) is 18.7. The number of anilines is 1. The van der Waals surface area contributed by atoms with Gasteiger partial charge in [-0.3, -0.25) is 9.38 Å². The van der Waals surface area contributed by atoms with E-state index in [0.717, 1.165) is 11.9 Å². The van der Waals surface area contributed by atoms with Crippen molar-refractivity contribution in [2.24, 2.45) is 0 Å². The van der Waals surface area contributed by atoms with E-state index in [1.807, 2.05) is 26.0 Å². The molecule has 32 heavy (non-hydrogen) atoms. The van der Waals surface area contributed by atoms with Gasteiger partial charge in [-0.1, -0.05) is 13.8 Å². The molecule has 174 valence electrons. The molecule has 0 saturated carbocycles. The number of pyridine rings is 1. The zero-order chi connectivity index (χ0) is 23.3. The van der Waals surface area contributed by atoms with E-state index in [2.05, 4.69) is 15.0 Å². The van der Waals surface area contributed by atoms with Gasteiger partial charge < -0.3 is 14.4 Å². The van der Waals surface area contributed by atoms with E-state index in [1.165, 1.54) is 4.40 Å². The van der Waals surface area contributed by atoms with Gasteiger partial charge in [-0.15, -0.1) is 0 Å².